The van der Waals surface area contributed by atoms with E-state index in [0.29, 0.717) is 17.0 Å². The molecule has 2 N–H and O–H groups in total. The predicted octanol–water partition coefficient (Wildman–Crippen LogP) is 4.80. The second kappa shape index (κ2) is 11.4. The summed E-state index contributed by atoms with van der Waals surface area (Å²) in [5.41, 5.74) is 2.61. The zero-order valence-corrected chi connectivity index (χ0v) is 17.2. The van der Waals surface area contributed by atoms with Crippen molar-refractivity contribution in [3.8, 4) is 0 Å². The maximum atomic E-state index is 12.2. The molecule has 2 aromatic carbocycles. The highest BCUT2D eigenvalue weighted by molar-refractivity contribution is 6.30. The van der Waals surface area contributed by atoms with Crippen LogP contribution in [0.5, 0.6) is 0 Å². The van der Waals surface area contributed by atoms with Gasteiger partial charge in [0.1, 0.15) is 6.29 Å². The highest BCUT2D eigenvalue weighted by Crippen LogP contribution is 2.39. The van der Waals surface area contributed by atoms with Gasteiger partial charge in [0.2, 0.25) is 0 Å². The Bertz CT molecular complexity index is 818. The van der Waals surface area contributed by atoms with Gasteiger partial charge in [0.15, 0.2) is 0 Å². The topological polar surface area (TPSA) is 83.5 Å². The molecular formula is C23H26ClNO4. The van der Waals surface area contributed by atoms with E-state index in [-0.39, 0.29) is 30.7 Å². The molecule has 6 heteroatoms. The number of carbonyl (C=O) groups is 3. The first-order valence-electron chi connectivity index (χ1n) is 9.75. The van der Waals surface area contributed by atoms with Crippen molar-refractivity contribution in [1.29, 1.82) is 0 Å². The van der Waals surface area contributed by atoms with E-state index < -0.39 is 5.97 Å². The van der Waals surface area contributed by atoms with E-state index in [0.717, 1.165) is 30.3 Å². The summed E-state index contributed by atoms with van der Waals surface area (Å²) in [4.78, 5) is 34.1. The predicted molar refractivity (Wildman–Crippen MR) is 114 cm³/mol. The standard InChI is InChI=1S/C23H26ClNO4/c1-2-3-20(21(13-15-26)17-8-10-19(24)11-9-17)16-4-6-18(7-5-16)23(29)25-14-12-22(27)28/h4-11,15,20-21H,2-3,12-14H2,1H3,(H,25,29)(H,27,28). The molecule has 5 nitrogen and oxygen atoms in total. The molecule has 0 heterocycles. The summed E-state index contributed by atoms with van der Waals surface area (Å²) < 4.78 is 0. The number of nitrogens with one attached hydrogen (secondary N) is 1. The molecule has 0 saturated heterocycles. The van der Waals surface area contributed by atoms with Crippen molar-refractivity contribution in [3.05, 3.63) is 70.2 Å². The summed E-state index contributed by atoms with van der Waals surface area (Å²) in [7, 11) is 0. The first kappa shape index (κ1) is 22.6. The molecule has 2 unspecified atom stereocenters. The first-order valence-corrected chi connectivity index (χ1v) is 10.1. The molecule has 0 bridgehead atoms. The van der Waals surface area contributed by atoms with E-state index in [1.165, 1.54) is 0 Å². The number of hydrogen-bond donors (Lipinski definition) is 2. The number of benzene rings is 2. The van der Waals surface area contributed by atoms with Crippen LogP contribution in [-0.4, -0.2) is 29.8 Å². The highest BCUT2D eigenvalue weighted by Gasteiger charge is 2.24. The fraction of sp³-hybridized carbons (Fsp3) is 0.348. The van der Waals surface area contributed by atoms with Crippen LogP contribution in [0.4, 0.5) is 0 Å². The largest absolute Gasteiger partial charge is 0.481 e. The van der Waals surface area contributed by atoms with Gasteiger partial charge in [-0.2, -0.15) is 0 Å². The van der Waals surface area contributed by atoms with Crippen LogP contribution < -0.4 is 5.32 Å². The summed E-state index contributed by atoms with van der Waals surface area (Å²) >= 11 is 6.01. The molecule has 0 aromatic heterocycles. The molecular weight excluding hydrogens is 390 g/mol. The Morgan fingerprint density at radius 3 is 2.17 bits per heavy atom. The van der Waals surface area contributed by atoms with Crippen molar-refractivity contribution in [2.24, 2.45) is 0 Å². The molecule has 0 aliphatic rings. The lowest BCUT2D eigenvalue weighted by Crippen LogP contribution is -2.26. The van der Waals surface area contributed by atoms with Crippen molar-refractivity contribution in [1.82, 2.24) is 5.32 Å². The molecule has 2 atom stereocenters. The number of aliphatic carboxylic acids is 1. The van der Waals surface area contributed by atoms with Crippen LogP contribution in [0.2, 0.25) is 5.02 Å². The Labute approximate surface area is 176 Å². The third kappa shape index (κ3) is 6.71. The molecule has 154 valence electrons. The minimum absolute atomic E-state index is 0.0277. The zero-order valence-electron chi connectivity index (χ0n) is 16.4. The van der Waals surface area contributed by atoms with Crippen molar-refractivity contribution < 1.29 is 19.5 Å². The van der Waals surface area contributed by atoms with Crippen LogP contribution in [0.15, 0.2) is 48.5 Å². The number of carboxylic acid groups (broad SMARTS) is 1. The van der Waals surface area contributed by atoms with Crippen LogP contribution in [0.1, 0.15) is 65.9 Å². The van der Waals surface area contributed by atoms with Crippen molar-refractivity contribution >= 4 is 29.8 Å². The number of rotatable bonds is 11. The second-order valence-corrected chi connectivity index (χ2v) is 7.41. The smallest absolute Gasteiger partial charge is 0.305 e. The fourth-order valence-corrected chi connectivity index (χ4v) is 3.65. The zero-order chi connectivity index (χ0) is 21.2. The molecule has 2 rings (SSSR count). The number of carbonyl (C=O) groups excluding carboxylic acids is 2. The quantitative estimate of drug-likeness (QED) is 0.516. The third-order valence-corrected chi connectivity index (χ3v) is 5.21. The van der Waals surface area contributed by atoms with E-state index in [1.54, 1.807) is 12.1 Å². The molecule has 0 aliphatic heterocycles. The highest BCUT2D eigenvalue weighted by atomic mass is 35.5. The van der Waals surface area contributed by atoms with Gasteiger partial charge in [0, 0.05) is 23.6 Å². The SMILES string of the molecule is CCCC(c1ccc(C(=O)NCCC(=O)O)cc1)C(CC=O)c1ccc(Cl)cc1. The normalized spacial score (nSPS) is 12.8. The van der Waals surface area contributed by atoms with E-state index in [2.05, 4.69) is 12.2 Å². The van der Waals surface area contributed by atoms with E-state index >= 15 is 0 Å². The van der Waals surface area contributed by atoms with Crippen molar-refractivity contribution in [3.63, 3.8) is 0 Å². The Kier molecular flexibility index (Phi) is 8.87. The van der Waals surface area contributed by atoms with Gasteiger partial charge in [0.05, 0.1) is 6.42 Å². The summed E-state index contributed by atoms with van der Waals surface area (Å²) in [6, 6.07) is 14.9. The maximum Gasteiger partial charge on any atom is 0.305 e. The molecule has 2 aromatic rings. The number of aldehydes is 1. The Hall–Kier alpha value is -2.66. The van der Waals surface area contributed by atoms with Crippen LogP contribution in [0.3, 0.4) is 0 Å². The van der Waals surface area contributed by atoms with Gasteiger partial charge in [-0.05, 0) is 53.6 Å². The molecule has 0 spiro atoms. The number of halogens is 1. The summed E-state index contributed by atoms with van der Waals surface area (Å²) in [6.07, 6.45) is 3.11. The minimum atomic E-state index is -0.952. The number of hydrogen-bond acceptors (Lipinski definition) is 3. The lowest BCUT2D eigenvalue weighted by Gasteiger charge is -2.27. The van der Waals surface area contributed by atoms with Crippen LogP contribution >= 0.6 is 11.6 Å². The molecule has 1 amide bonds. The average Bonchev–Trinajstić information content (AvgIpc) is 2.71. The lowest BCUT2D eigenvalue weighted by atomic mass is 9.77. The fourth-order valence-electron chi connectivity index (χ4n) is 3.52. The van der Waals surface area contributed by atoms with E-state index in [1.807, 2.05) is 36.4 Å². The van der Waals surface area contributed by atoms with Gasteiger partial charge in [-0.3, -0.25) is 9.59 Å². The molecule has 0 saturated carbocycles. The summed E-state index contributed by atoms with van der Waals surface area (Å²) in [5, 5.41) is 11.9. The first-order chi connectivity index (χ1) is 14.0. The molecule has 0 fully saturated rings. The molecule has 0 aliphatic carbocycles. The summed E-state index contributed by atoms with van der Waals surface area (Å²) in [6.45, 7) is 2.20. The minimum Gasteiger partial charge on any atom is -0.481 e. The van der Waals surface area contributed by atoms with Crippen molar-refractivity contribution in [2.75, 3.05) is 6.54 Å². The molecule has 0 radical (unpaired) electrons. The lowest BCUT2D eigenvalue weighted by molar-refractivity contribution is -0.136. The van der Waals surface area contributed by atoms with Gasteiger partial charge in [-0.25, -0.2) is 0 Å². The van der Waals surface area contributed by atoms with Crippen LogP contribution in [0, 0.1) is 0 Å². The van der Waals surface area contributed by atoms with Gasteiger partial charge in [0.25, 0.3) is 5.91 Å². The van der Waals surface area contributed by atoms with Crippen LogP contribution in [-0.2, 0) is 9.59 Å². The van der Waals surface area contributed by atoms with Gasteiger partial charge in [-0.15, -0.1) is 0 Å². The second-order valence-electron chi connectivity index (χ2n) is 6.98. The van der Waals surface area contributed by atoms with Gasteiger partial charge in [-0.1, -0.05) is 49.2 Å². The maximum absolute atomic E-state index is 12.2. The van der Waals surface area contributed by atoms with E-state index in [4.69, 9.17) is 16.7 Å². The monoisotopic (exact) mass is 415 g/mol. The van der Waals surface area contributed by atoms with Crippen molar-refractivity contribution in [2.45, 2.75) is 44.4 Å². The Morgan fingerprint density at radius 2 is 1.62 bits per heavy atom. The number of amides is 1. The summed E-state index contributed by atoms with van der Waals surface area (Å²) in [5.74, 6) is -1.09. The van der Waals surface area contributed by atoms with Crippen LogP contribution in [0.25, 0.3) is 0 Å². The Morgan fingerprint density at radius 1 is 1.03 bits per heavy atom. The Balaban J connectivity index is 2.21. The van der Waals surface area contributed by atoms with Gasteiger partial charge < -0.3 is 15.2 Å². The van der Waals surface area contributed by atoms with E-state index in [9.17, 15) is 14.4 Å². The average molecular weight is 416 g/mol. The number of carboxylic acids is 1. The molecule has 29 heavy (non-hydrogen) atoms. The third-order valence-electron chi connectivity index (χ3n) is 4.96. The van der Waals surface area contributed by atoms with Gasteiger partial charge >= 0.3 is 5.97 Å².